The Morgan fingerprint density at radius 3 is 2.59 bits per heavy atom. The zero-order valence-corrected chi connectivity index (χ0v) is 13.0. The second-order valence-corrected chi connectivity index (χ2v) is 5.30. The lowest BCUT2D eigenvalue weighted by Gasteiger charge is -2.12. The molecule has 1 rings (SSSR count). The average Bonchev–Trinajstić information content (AvgIpc) is 2.44. The van der Waals surface area contributed by atoms with Crippen LogP contribution in [-0.2, 0) is 14.3 Å². The Bertz CT molecular complexity index is 589. The molecule has 0 saturated carbocycles. The van der Waals surface area contributed by atoms with Crippen molar-refractivity contribution in [2.45, 2.75) is 27.2 Å². The third kappa shape index (κ3) is 5.52. The van der Waals surface area contributed by atoms with Crippen molar-refractivity contribution >= 4 is 18.2 Å². The highest BCUT2D eigenvalue weighted by Gasteiger charge is 2.14. The molecule has 0 aromatic heterocycles. The van der Waals surface area contributed by atoms with Gasteiger partial charge in [0, 0.05) is 17.1 Å². The van der Waals surface area contributed by atoms with Crippen molar-refractivity contribution in [3.63, 3.8) is 0 Å². The van der Waals surface area contributed by atoms with Gasteiger partial charge in [0.15, 0.2) is 0 Å². The topological polar surface area (TPSA) is 69.7 Å². The van der Waals surface area contributed by atoms with Crippen molar-refractivity contribution < 1.29 is 23.9 Å². The van der Waals surface area contributed by atoms with Crippen LogP contribution < -0.4 is 4.74 Å². The molecule has 5 heteroatoms. The van der Waals surface area contributed by atoms with Crippen LogP contribution in [0, 0.1) is 12.8 Å². The fourth-order valence-electron chi connectivity index (χ4n) is 1.70. The molecular formula is C17H20O5. The summed E-state index contributed by atoms with van der Waals surface area (Å²) in [5.74, 6) is -0.664. The number of aldehydes is 1. The Balaban J connectivity index is 2.48. The van der Waals surface area contributed by atoms with Crippen LogP contribution in [0.5, 0.6) is 5.75 Å². The van der Waals surface area contributed by atoms with Gasteiger partial charge in [-0.25, -0.2) is 4.79 Å². The predicted molar refractivity (Wildman–Crippen MR) is 81.8 cm³/mol. The first-order chi connectivity index (χ1) is 10.3. The van der Waals surface area contributed by atoms with Gasteiger partial charge >= 0.3 is 11.9 Å². The van der Waals surface area contributed by atoms with E-state index >= 15 is 0 Å². The second kappa shape index (κ2) is 8.12. The van der Waals surface area contributed by atoms with Crippen LogP contribution in [0.15, 0.2) is 30.4 Å². The molecule has 0 aliphatic carbocycles. The summed E-state index contributed by atoms with van der Waals surface area (Å²) in [4.78, 5) is 33.8. The van der Waals surface area contributed by atoms with E-state index in [1.165, 1.54) is 0 Å². The average molecular weight is 304 g/mol. The molecule has 22 heavy (non-hydrogen) atoms. The lowest BCUT2D eigenvalue weighted by Crippen LogP contribution is -2.18. The molecule has 118 valence electrons. The molecule has 0 fully saturated rings. The molecule has 0 aliphatic rings. The predicted octanol–water partition coefficient (Wildman–Crippen LogP) is 2.86. The largest absolute Gasteiger partial charge is 0.462 e. The molecule has 0 spiro atoms. The van der Waals surface area contributed by atoms with Gasteiger partial charge in [0.2, 0.25) is 0 Å². The third-order valence-electron chi connectivity index (χ3n) is 2.96. The molecule has 0 heterocycles. The second-order valence-electron chi connectivity index (χ2n) is 5.30. The van der Waals surface area contributed by atoms with Crippen LogP contribution >= 0.6 is 0 Å². The van der Waals surface area contributed by atoms with Crippen LogP contribution in [0.3, 0.4) is 0 Å². The van der Waals surface area contributed by atoms with E-state index in [-0.39, 0.29) is 18.9 Å². The molecule has 0 amide bonds. The summed E-state index contributed by atoms with van der Waals surface area (Å²) in [6.07, 6.45) is 0.872. The van der Waals surface area contributed by atoms with Gasteiger partial charge in [0.25, 0.3) is 0 Å². The van der Waals surface area contributed by atoms with Gasteiger partial charge in [-0.2, -0.15) is 0 Å². The van der Waals surface area contributed by atoms with Crippen molar-refractivity contribution in [3.05, 3.63) is 41.5 Å². The number of esters is 2. The van der Waals surface area contributed by atoms with E-state index in [4.69, 9.17) is 9.47 Å². The zero-order chi connectivity index (χ0) is 16.7. The Morgan fingerprint density at radius 1 is 1.36 bits per heavy atom. The minimum Gasteiger partial charge on any atom is -0.462 e. The van der Waals surface area contributed by atoms with Gasteiger partial charge < -0.3 is 9.47 Å². The molecule has 0 radical (unpaired) electrons. The fraction of sp³-hybridized carbons (Fsp3) is 0.353. The van der Waals surface area contributed by atoms with Crippen molar-refractivity contribution in [1.29, 1.82) is 0 Å². The molecule has 1 atom stereocenters. The first-order valence-corrected chi connectivity index (χ1v) is 6.92. The number of benzene rings is 1. The Labute approximate surface area is 129 Å². The summed E-state index contributed by atoms with van der Waals surface area (Å²) in [7, 11) is 0. The first-order valence-electron chi connectivity index (χ1n) is 6.92. The normalized spacial score (nSPS) is 11.4. The van der Waals surface area contributed by atoms with Gasteiger partial charge in [-0.1, -0.05) is 13.5 Å². The number of ether oxygens (including phenoxy) is 2. The van der Waals surface area contributed by atoms with Gasteiger partial charge in [0.05, 0.1) is 13.0 Å². The number of carbonyl (C=O) groups excluding carboxylic acids is 3. The van der Waals surface area contributed by atoms with E-state index in [9.17, 15) is 14.4 Å². The number of rotatable bonds is 7. The lowest BCUT2D eigenvalue weighted by atomic mass is 10.1. The number of aryl methyl sites for hydroxylation is 1. The summed E-state index contributed by atoms with van der Waals surface area (Å²) in [5.41, 5.74) is 1.61. The quantitative estimate of drug-likeness (QED) is 0.335. The van der Waals surface area contributed by atoms with Crippen molar-refractivity contribution in [2.24, 2.45) is 5.92 Å². The summed E-state index contributed by atoms with van der Waals surface area (Å²) in [5, 5.41) is 0. The molecule has 1 unspecified atom stereocenters. The molecule has 0 saturated heterocycles. The molecule has 0 N–H and O–H groups in total. The van der Waals surface area contributed by atoms with E-state index in [0.29, 0.717) is 16.9 Å². The van der Waals surface area contributed by atoms with Crippen molar-refractivity contribution in [3.8, 4) is 5.75 Å². The fourth-order valence-corrected chi connectivity index (χ4v) is 1.70. The van der Waals surface area contributed by atoms with Gasteiger partial charge in [-0.3, -0.25) is 9.59 Å². The molecular weight excluding hydrogens is 284 g/mol. The summed E-state index contributed by atoms with van der Waals surface area (Å²) < 4.78 is 10.2. The first kappa shape index (κ1) is 17.6. The highest BCUT2D eigenvalue weighted by molar-refractivity contribution is 5.87. The molecule has 1 aromatic rings. The third-order valence-corrected chi connectivity index (χ3v) is 2.96. The molecule has 0 aliphatic heterocycles. The number of hydrogen-bond acceptors (Lipinski definition) is 5. The van der Waals surface area contributed by atoms with Gasteiger partial charge in [0.1, 0.15) is 12.0 Å². The maximum atomic E-state index is 11.8. The Hall–Kier alpha value is -2.43. The zero-order valence-electron chi connectivity index (χ0n) is 13.0. The van der Waals surface area contributed by atoms with E-state index in [0.717, 1.165) is 11.8 Å². The number of carbonyl (C=O) groups is 3. The van der Waals surface area contributed by atoms with Crippen molar-refractivity contribution in [1.82, 2.24) is 0 Å². The molecule has 5 nitrogen and oxygen atoms in total. The maximum absolute atomic E-state index is 11.8. The maximum Gasteiger partial charge on any atom is 0.333 e. The number of hydrogen-bond donors (Lipinski definition) is 0. The summed E-state index contributed by atoms with van der Waals surface area (Å²) in [6, 6.07) is 4.80. The van der Waals surface area contributed by atoms with Crippen LogP contribution in [0.2, 0.25) is 0 Å². The minimum absolute atomic E-state index is 0.123. The highest BCUT2D eigenvalue weighted by Crippen LogP contribution is 2.17. The van der Waals surface area contributed by atoms with Gasteiger partial charge in [-0.15, -0.1) is 0 Å². The monoisotopic (exact) mass is 304 g/mol. The van der Waals surface area contributed by atoms with Crippen LogP contribution in [0.1, 0.15) is 36.2 Å². The van der Waals surface area contributed by atoms with Crippen LogP contribution in [0.25, 0.3) is 0 Å². The SMILES string of the molecule is C=C(C)C(=O)OCC(C)CC(=O)Oc1ccc(C=O)c(C)c1. The van der Waals surface area contributed by atoms with Crippen LogP contribution in [0.4, 0.5) is 0 Å². The van der Waals surface area contributed by atoms with E-state index in [1.807, 2.05) is 0 Å². The minimum atomic E-state index is -0.472. The van der Waals surface area contributed by atoms with E-state index in [2.05, 4.69) is 6.58 Å². The molecule has 0 bridgehead atoms. The van der Waals surface area contributed by atoms with Crippen molar-refractivity contribution in [2.75, 3.05) is 6.61 Å². The Kier molecular flexibility index (Phi) is 6.50. The summed E-state index contributed by atoms with van der Waals surface area (Å²) >= 11 is 0. The molecule has 1 aromatic carbocycles. The lowest BCUT2D eigenvalue weighted by molar-refractivity contribution is -0.143. The summed E-state index contributed by atoms with van der Waals surface area (Å²) in [6.45, 7) is 8.72. The highest BCUT2D eigenvalue weighted by atomic mass is 16.5. The van der Waals surface area contributed by atoms with E-state index in [1.54, 1.807) is 39.0 Å². The smallest absolute Gasteiger partial charge is 0.333 e. The van der Waals surface area contributed by atoms with Crippen LogP contribution in [-0.4, -0.2) is 24.8 Å². The van der Waals surface area contributed by atoms with E-state index < -0.39 is 11.9 Å². The Morgan fingerprint density at radius 2 is 2.05 bits per heavy atom. The van der Waals surface area contributed by atoms with Gasteiger partial charge in [-0.05, 0) is 37.6 Å². The standard InChI is InChI=1S/C17H20O5/c1-11(2)17(20)21-10-12(3)7-16(19)22-15-6-5-14(9-18)13(4)8-15/h5-6,8-9,12H,1,7,10H2,2-4H3.